The number of halogens is 3. The second kappa shape index (κ2) is 4.50. The molecular weight excluding hydrogens is 199 g/mol. The molecule has 0 aromatic rings. The van der Waals surface area contributed by atoms with Crippen LogP contribution in [0.3, 0.4) is 0 Å². The Morgan fingerprint density at radius 3 is 2.00 bits per heavy atom. The normalized spacial score (nSPS) is 12.4. The molecule has 0 unspecified atom stereocenters. The van der Waals surface area contributed by atoms with Gasteiger partial charge in [0.1, 0.15) is 6.54 Å². The summed E-state index contributed by atoms with van der Waals surface area (Å²) in [7, 11) is 0. The van der Waals surface area contributed by atoms with Gasteiger partial charge in [-0.05, 0) is 13.8 Å². The van der Waals surface area contributed by atoms with Gasteiger partial charge in [-0.25, -0.2) is 4.79 Å². The van der Waals surface area contributed by atoms with Crippen molar-refractivity contribution in [3.63, 3.8) is 0 Å². The maximum atomic E-state index is 11.6. The topological polar surface area (TPSA) is 67.1 Å². The number of urea groups is 1. The number of carbonyl (C=O) groups excluding carboxylic acids is 1. The fraction of sp³-hybridized carbons (Fsp3) is 0.857. The van der Waals surface area contributed by atoms with Gasteiger partial charge in [0.05, 0.1) is 0 Å². The van der Waals surface area contributed by atoms with Crippen molar-refractivity contribution in [1.82, 2.24) is 10.6 Å². The second-order valence-electron chi connectivity index (χ2n) is 3.64. The van der Waals surface area contributed by atoms with Crippen LogP contribution in [0.4, 0.5) is 18.0 Å². The van der Waals surface area contributed by atoms with Crippen molar-refractivity contribution in [3.05, 3.63) is 0 Å². The van der Waals surface area contributed by atoms with Crippen molar-refractivity contribution >= 4 is 6.03 Å². The van der Waals surface area contributed by atoms with Gasteiger partial charge in [-0.3, -0.25) is 0 Å². The Balaban J connectivity index is 3.68. The Kier molecular flexibility index (Phi) is 4.18. The number of nitrogens with one attached hydrogen (secondary N) is 2. The molecule has 0 aliphatic carbocycles. The third-order valence-electron chi connectivity index (χ3n) is 1.15. The number of alkyl halides is 3. The zero-order chi connectivity index (χ0) is 11.4. The largest absolute Gasteiger partial charge is 0.405 e. The van der Waals surface area contributed by atoms with Gasteiger partial charge in [-0.2, -0.15) is 13.2 Å². The lowest BCUT2D eigenvalue weighted by molar-refractivity contribution is -0.122. The van der Waals surface area contributed by atoms with Crippen LogP contribution in [0.25, 0.3) is 0 Å². The van der Waals surface area contributed by atoms with Crippen LogP contribution in [0, 0.1) is 0 Å². The lowest BCUT2D eigenvalue weighted by Gasteiger charge is -2.19. The maximum absolute atomic E-state index is 11.6. The van der Waals surface area contributed by atoms with Gasteiger partial charge in [0.15, 0.2) is 0 Å². The molecule has 0 spiro atoms. The van der Waals surface area contributed by atoms with E-state index in [0.717, 1.165) is 0 Å². The summed E-state index contributed by atoms with van der Waals surface area (Å²) in [5.74, 6) is 0. The molecule has 0 rings (SSSR count). The lowest BCUT2D eigenvalue weighted by atomic mass is 10.1. The standard InChI is InChI=1S/C7H14F3N3O/c1-6(2,11)3-12-5(14)13-4-7(8,9)10/h3-4,11H2,1-2H3,(H2,12,13,14). The predicted octanol–water partition coefficient (Wildman–Crippen LogP) is 0.585. The number of hydrogen-bond donors (Lipinski definition) is 3. The Morgan fingerprint density at radius 2 is 1.64 bits per heavy atom. The SMILES string of the molecule is CC(C)(N)CNC(=O)NCC(F)(F)F. The minimum absolute atomic E-state index is 0.108. The molecule has 0 saturated heterocycles. The molecule has 0 bridgehead atoms. The molecule has 84 valence electrons. The smallest absolute Gasteiger partial charge is 0.336 e. The summed E-state index contributed by atoms with van der Waals surface area (Å²) in [5.41, 5.74) is 4.86. The van der Waals surface area contributed by atoms with E-state index in [-0.39, 0.29) is 6.54 Å². The number of nitrogens with two attached hydrogens (primary N) is 1. The fourth-order valence-electron chi connectivity index (χ4n) is 0.551. The monoisotopic (exact) mass is 213 g/mol. The first-order chi connectivity index (χ1) is 6.10. The first kappa shape index (κ1) is 13.0. The van der Waals surface area contributed by atoms with Gasteiger partial charge in [0.25, 0.3) is 0 Å². The molecule has 0 aromatic carbocycles. The van der Waals surface area contributed by atoms with Crippen LogP contribution < -0.4 is 16.4 Å². The molecule has 0 atom stereocenters. The van der Waals surface area contributed by atoms with E-state index in [1.54, 1.807) is 19.2 Å². The van der Waals surface area contributed by atoms with E-state index in [2.05, 4.69) is 5.32 Å². The molecule has 0 aromatic heterocycles. The molecule has 2 amide bonds. The van der Waals surface area contributed by atoms with Crippen molar-refractivity contribution in [1.29, 1.82) is 0 Å². The van der Waals surface area contributed by atoms with Crippen LogP contribution in [0.15, 0.2) is 0 Å². The molecule has 0 radical (unpaired) electrons. The summed E-state index contributed by atoms with van der Waals surface area (Å²) in [4.78, 5) is 10.8. The molecule has 0 aliphatic heterocycles. The molecule has 0 heterocycles. The van der Waals surface area contributed by atoms with Gasteiger partial charge in [0.2, 0.25) is 0 Å². The van der Waals surface area contributed by atoms with Gasteiger partial charge in [-0.1, -0.05) is 0 Å². The van der Waals surface area contributed by atoms with Crippen LogP contribution in [0.5, 0.6) is 0 Å². The van der Waals surface area contributed by atoms with E-state index in [4.69, 9.17) is 5.73 Å². The quantitative estimate of drug-likeness (QED) is 0.642. The maximum Gasteiger partial charge on any atom is 0.405 e. The summed E-state index contributed by atoms with van der Waals surface area (Å²) in [6.07, 6.45) is -4.39. The third kappa shape index (κ3) is 9.11. The van der Waals surface area contributed by atoms with Crippen molar-refractivity contribution in [2.75, 3.05) is 13.1 Å². The average Bonchev–Trinajstić information content (AvgIpc) is 1.94. The zero-order valence-electron chi connectivity index (χ0n) is 8.03. The average molecular weight is 213 g/mol. The van der Waals surface area contributed by atoms with Crippen molar-refractivity contribution in [3.8, 4) is 0 Å². The molecule has 4 nitrogen and oxygen atoms in total. The number of rotatable bonds is 3. The first-order valence-electron chi connectivity index (χ1n) is 3.97. The highest BCUT2D eigenvalue weighted by Crippen LogP contribution is 2.11. The van der Waals surface area contributed by atoms with Gasteiger partial charge >= 0.3 is 12.2 Å². The van der Waals surface area contributed by atoms with E-state index in [9.17, 15) is 18.0 Å². The van der Waals surface area contributed by atoms with Crippen LogP contribution >= 0.6 is 0 Å². The predicted molar refractivity (Wildman–Crippen MR) is 45.7 cm³/mol. The summed E-state index contributed by atoms with van der Waals surface area (Å²) in [6, 6.07) is -0.874. The van der Waals surface area contributed by atoms with E-state index in [1.165, 1.54) is 0 Å². The molecule has 0 saturated carbocycles. The van der Waals surface area contributed by atoms with Gasteiger partial charge in [0, 0.05) is 12.1 Å². The first-order valence-corrected chi connectivity index (χ1v) is 3.97. The Labute approximate surface area is 80.0 Å². The minimum Gasteiger partial charge on any atom is -0.336 e. The van der Waals surface area contributed by atoms with Gasteiger partial charge < -0.3 is 16.4 Å². The zero-order valence-corrected chi connectivity index (χ0v) is 8.03. The number of hydrogen-bond acceptors (Lipinski definition) is 2. The van der Waals surface area contributed by atoms with E-state index in [1.807, 2.05) is 0 Å². The summed E-state index contributed by atoms with van der Waals surface area (Å²) in [6.45, 7) is 2.06. The van der Waals surface area contributed by atoms with Crippen LogP contribution in [0.2, 0.25) is 0 Å². The number of amides is 2. The molecule has 0 fully saturated rings. The second-order valence-corrected chi connectivity index (χ2v) is 3.64. The Hall–Kier alpha value is -0.980. The van der Waals surface area contributed by atoms with Crippen LogP contribution in [-0.4, -0.2) is 30.8 Å². The molecule has 4 N–H and O–H groups in total. The van der Waals surface area contributed by atoms with E-state index < -0.39 is 24.3 Å². The van der Waals surface area contributed by atoms with Crippen molar-refractivity contribution < 1.29 is 18.0 Å². The summed E-state index contributed by atoms with van der Waals surface area (Å²) >= 11 is 0. The Bertz CT molecular complexity index is 177. The van der Waals surface area contributed by atoms with Crippen LogP contribution in [-0.2, 0) is 0 Å². The van der Waals surface area contributed by atoms with Gasteiger partial charge in [-0.15, -0.1) is 0 Å². The number of carbonyl (C=O) groups is 1. The van der Waals surface area contributed by atoms with Crippen molar-refractivity contribution in [2.45, 2.75) is 25.6 Å². The molecule has 0 aliphatic rings. The highest BCUT2D eigenvalue weighted by atomic mass is 19.4. The lowest BCUT2D eigenvalue weighted by Crippen LogP contribution is -2.49. The fourth-order valence-corrected chi connectivity index (χ4v) is 0.551. The van der Waals surface area contributed by atoms with E-state index >= 15 is 0 Å². The molecule has 14 heavy (non-hydrogen) atoms. The minimum atomic E-state index is -4.39. The van der Waals surface area contributed by atoms with Crippen LogP contribution in [0.1, 0.15) is 13.8 Å². The van der Waals surface area contributed by atoms with E-state index in [0.29, 0.717) is 0 Å². The van der Waals surface area contributed by atoms with Crippen molar-refractivity contribution in [2.24, 2.45) is 5.73 Å². The Morgan fingerprint density at radius 1 is 1.21 bits per heavy atom. The summed E-state index contributed by atoms with van der Waals surface area (Å²) < 4.78 is 34.9. The third-order valence-corrected chi connectivity index (χ3v) is 1.15. The molecular formula is C7H14F3N3O. The highest BCUT2D eigenvalue weighted by Gasteiger charge is 2.27. The summed E-state index contributed by atoms with van der Waals surface area (Å²) in [5, 5.41) is 3.88. The highest BCUT2D eigenvalue weighted by molar-refractivity contribution is 5.73. The molecule has 7 heteroatoms.